The van der Waals surface area contributed by atoms with E-state index in [2.05, 4.69) is 5.32 Å². The number of rotatable bonds is 5. The van der Waals surface area contributed by atoms with Crippen molar-refractivity contribution in [1.82, 2.24) is 0 Å². The van der Waals surface area contributed by atoms with Crippen molar-refractivity contribution in [3.05, 3.63) is 48.5 Å². The van der Waals surface area contributed by atoms with Crippen molar-refractivity contribution in [3.8, 4) is 5.75 Å². The fourth-order valence-electron chi connectivity index (χ4n) is 2.89. The van der Waals surface area contributed by atoms with Crippen LogP contribution in [0.1, 0.15) is 6.42 Å². The Morgan fingerprint density at radius 1 is 1.20 bits per heavy atom. The van der Waals surface area contributed by atoms with Crippen molar-refractivity contribution in [2.45, 2.75) is 11.3 Å². The van der Waals surface area contributed by atoms with E-state index in [0.717, 1.165) is 10.6 Å². The van der Waals surface area contributed by atoms with Crippen LogP contribution in [0.5, 0.6) is 5.75 Å². The lowest BCUT2D eigenvalue weighted by molar-refractivity contribution is -0.122. The van der Waals surface area contributed by atoms with Gasteiger partial charge in [-0.05, 0) is 42.7 Å². The predicted molar refractivity (Wildman–Crippen MR) is 100 cm³/mol. The van der Waals surface area contributed by atoms with Gasteiger partial charge in [0.05, 0.1) is 18.7 Å². The van der Waals surface area contributed by atoms with E-state index in [1.54, 1.807) is 23.8 Å². The highest BCUT2D eigenvalue weighted by molar-refractivity contribution is 7.98. The molecule has 2 aromatic rings. The van der Waals surface area contributed by atoms with Crippen LogP contribution in [0.15, 0.2) is 53.4 Å². The molecule has 1 unspecified atom stereocenters. The van der Waals surface area contributed by atoms with Crippen LogP contribution in [-0.4, -0.2) is 31.7 Å². The van der Waals surface area contributed by atoms with Crippen LogP contribution in [0.2, 0.25) is 0 Å². The van der Waals surface area contributed by atoms with Crippen LogP contribution in [0.3, 0.4) is 0 Å². The van der Waals surface area contributed by atoms with E-state index in [4.69, 9.17) is 4.74 Å². The van der Waals surface area contributed by atoms with E-state index >= 15 is 0 Å². The third kappa shape index (κ3) is 3.79. The van der Waals surface area contributed by atoms with Crippen molar-refractivity contribution in [1.29, 1.82) is 0 Å². The van der Waals surface area contributed by atoms with Crippen LogP contribution >= 0.6 is 11.8 Å². The Morgan fingerprint density at radius 3 is 2.60 bits per heavy atom. The summed E-state index contributed by atoms with van der Waals surface area (Å²) in [5, 5.41) is 2.90. The molecule has 1 heterocycles. The van der Waals surface area contributed by atoms with Gasteiger partial charge in [-0.25, -0.2) is 0 Å². The molecule has 0 radical (unpaired) electrons. The van der Waals surface area contributed by atoms with Gasteiger partial charge < -0.3 is 15.0 Å². The van der Waals surface area contributed by atoms with Crippen molar-refractivity contribution >= 4 is 35.0 Å². The van der Waals surface area contributed by atoms with Crippen LogP contribution < -0.4 is 15.0 Å². The highest BCUT2D eigenvalue weighted by atomic mass is 32.2. The Balaban J connectivity index is 1.70. The molecule has 2 aromatic carbocycles. The average molecular weight is 356 g/mol. The van der Waals surface area contributed by atoms with Gasteiger partial charge >= 0.3 is 0 Å². The largest absolute Gasteiger partial charge is 0.495 e. The van der Waals surface area contributed by atoms with E-state index in [1.165, 1.54) is 0 Å². The molecule has 1 atom stereocenters. The molecule has 1 N–H and O–H groups in total. The summed E-state index contributed by atoms with van der Waals surface area (Å²) in [7, 11) is 1.57. The Hall–Kier alpha value is -2.47. The summed E-state index contributed by atoms with van der Waals surface area (Å²) in [6.07, 6.45) is 2.21. The minimum Gasteiger partial charge on any atom is -0.495 e. The third-order valence-electron chi connectivity index (χ3n) is 4.23. The van der Waals surface area contributed by atoms with Crippen LogP contribution in [0.4, 0.5) is 11.4 Å². The second kappa shape index (κ2) is 7.61. The maximum Gasteiger partial charge on any atom is 0.229 e. The lowest BCUT2D eigenvalue weighted by atomic mass is 10.1. The van der Waals surface area contributed by atoms with Crippen molar-refractivity contribution in [2.75, 3.05) is 30.1 Å². The maximum atomic E-state index is 12.5. The van der Waals surface area contributed by atoms with Crippen LogP contribution in [-0.2, 0) is 9.59 Å². The number of carbonyl (C=O) groups is 2. The Bertz CT molecular complexity index is 776. The second-order valence-corrected chi connectivity index (χ2v) is 6.67. The number of methoxy groups -OCH3 is 1. The van der Waals surface area contributed by atoms with E-state index in [-0.39, 0.29) is 24.2 Å². The molecular formula is C19H20N2O3S. The number of anilines is 2. The first-order valence-corrected chi connectivity index (χ1v) is 9.23. The molecule has 1 saturated heterocycles. The van der Waals surface area contributed by atoms with Gasteiger partial charge in [-0.1, -0.05) is 12.1 Å². The van der Waals surface area contributed by atoms with Crippen molar-refractivity contribution in [3.63, 3.8) is 0 Å². The minimum atomic E-state index is -0.377. The normalized spacial score (nSPS) is 16.8. The highest BCUT2D eigenvalue weighted by Gasteiger charge is 2.36. The Kier molecular flexibility index (Phi) is 5.28. The van der Waals surface area contributed by atoms with Gasteiger partial charge in [0.2, 0.25) is 11.8 Å². The van der Waals surface area contributed by atoms with Gasteiger partial charge in [-0.3, -0.25) is 9.59 Å². The molecular weight excluding hydrogens is 336 g/mol. The second-order valence-electron chi connectivity index (χ2n) is 5.79. The smallest absolute Gasteiger partial charge is 0.229 e. The zero-order valence-corrected chi connectivity index (χ0v) is 15.0. The lowest BCUT2D eigenvalue weighted by Gasteiger charge is -2.19. The first-order chi connectivity index (χ1) is 12.1. The summed E-state index contributed by atoms with van der Waals surface area (Å²) in [5.41, 5.74) is 1.45. The topological polar surface area (TPSA) is 58.6 Å². The third-order valence-corrected chi connectivity index (χ3v) is 4.97. The molecule has 3 rings (SSSR count). The van der Waals surface area contributed by atoms with E-state index in [9.17, 15) is 9.59 Å². The monoisotopic (exact) mass is 356 g/mol. The average Bonchev–Trinajstić information content (AvgIpc) is 3.04. The molecule has 5 nitrogen and oxygen atoms in total. The first kappa shape index (κ1) is 17.4. The summed E-state index contributed by atoms with van der Waals surface area (Å²) in [6.45, 7) is 0.355. The molecule has 0 spiro atoms. The summed E-state index contributed by atoms with van der Waals surface area (Å²) in [5.74, 6) is 0.0484. The van der Waals surface area contributed by atoms with E-state index in [0.29, 0.717) is 18.0 Å². The quantitative estimate of drug-likeness (QED) is 0.834. The Morgan fingerprint density at radius 2 is 1.92 bits per heavy atom. The summed E-state index contributed by atoms with van der Waals surface area (Å²) < 4.78 is 5.32. The van der Waals surface area contributed by atoms with Gasteiger partial charge in [0.25, 0.3) is 0 Å². The number of nitrogens with zero attached hydrogens (tertiary/aromatic N) is 1. The van der Waals surface area contributed by atoms with E-state index < -0.39 is 0 Å². The summed E-state index contributed by atoms with van der Waals surface area (Å²) in [4.78, 5) is 27.7. The highest BCUT2D eigenvalue weighted by Crippen LogP contribution is 2.33. The number of carbonyl (C=O) groups excluding carboxylic acids is 2. The predicted octanol–water partition coefficient (Wildman–Crippen LogP) is 3.41. The fourth-order valence-corrected chi connectivity index (χ4v) is 3.30. The molecule has 2 amide bonds. The maximum absolute atomic E-state index is 12.5. The van der Waals surface area contributed by atoms with Gasteiger partial charge in [0, 0.05) is 23.5 Å². The summed E-state index contributed by atoms with van der Waals surface area (Å²) >= 11 is 1.65. The lowest BCUT2D eigenvalue weighted by Crippen LogP contribution is -2.28. The number of para-hydroxylation sites is 2. The number of hydrogen-bond donors (Lipinski definition) is 1. The SMILES string of the molecule is COc1ccccc1N1CC(C(=O)Nc2ccc(SC)cc2)CC1=O. The molecule has 0 saturated carbocycles. The molecule has 6 heteroatoms. The Labute approximate surface area is 151 Å². The molecule has 0 bridgehead atoms. The van der Waals surface area contributed by atoms with E-state index in [1.807, 2.05) is 54.8 Å². The minimum absolute atomic E-state index is 0.0672. The van der Waals surface area contributed by atoms with Crippen molar-refractivity contribution < 1.29 is 14.3 Å². The number of thioether (sulfide) groups is 1. The molecule has 130 valence electrons. The molecule has 25 heavy (non-hydrogen) atoms. The molecule has 0 aliphatic carbocycles. The molecule has 1 aliphatic rings. The molecule has 1 fully saturated rings. The van der Waals surface area contributed by atoms with Crippen LogP contribution in [0, 0.1) is 5.92 Å². The zero-order chi connectivity index (χ0) is 17.8. The van der Waals surface area contributed by atoms with Gasteiger partial charge in [-0.2, -0.15) is 0 Å². The number of amides is 2. The molecule has 0 aromatic heterocycles. The van der Waals surface area contributed by atoms with Crippen molar-refractivity contribution in [2.24, 2.45) is 5.92 Å². The zero-order valence-electron chi connectivity index (χ0n) is 14.2. The van der Waals surface area contributed by atoms with Gasteiger partial charge in [0.15, 0.2) is 0 Å². The van der Waals surface area contributed by atoms with Crippen LogP contribution in [0.25, 0.3) is 0 Å². The van der Waals surface area contributed by atoms with Gasteiger partial charge in [0.1, 0.15) is 5.75 Å². The first-order valence-electron chi connectivity index (χ1n) is 8.00. The number of nitrogens with one attached hydrogen (secondary N) is 1. The number of hydrogen-bond acceptors (Lipinski definition) is 4. The summed E-state index contributed by atoms with van der Waals surface area (Å²) in [6, 6.07) is 15.0. The number of benzene rings is 2. The molecule has 1 aliphatic heterocycles. The van der Waals surface area contributed by atoms with Gasteiger partial charge in [-0.15, -0.1) is 11.8 Å². The standard InChI is InChI=1S/C19H20N2O3S/c1-24-17-6-4-3-5-16(17)21-12-13(11-18(21)22)19(23)20-14-7-9-15(25-2)10-8-14/h3-10,13H,11-12H2,1-2H3,(H,20,23). The fraction of sp³-hybridized carbons (Fsp3) is 0.263. The number of ether oxygens (including phenoxy) is 1.